The highest BCUT2D eigenvalue weighted by Gasteiger charge is 2.64. The summed E-state index contributed by atoms with van der Waals surface area (Å²) in [5.41, 5.74) is -0.279. The van der Waals surface area contributed by atoms with Crippen LogP contribution in [0.4, 0.5) is 0 Å². The van der Waals surface area contributed by atoms with Crippen molar-refractivity contribution in [2.24, 2.45) is 16.7 Å². The van der Waals surface area contributed by atoms with Gasteiger partial charge >= 0.3 is 0 Å². The normalized spacial score (nSPS) is 29.7. The third-order valence-electron chi connectivity index (χ3n) is 5.39. The first-order valence-corrected chi connectivity index (χ1v) is 7.82. The predicted octanol–water partition coefficient (Wildman–Crippen LogP) is 3.35. The van der Waals surface area contributed by atoms with Crippen LogP contribution < -0.4 is 5.32 Å². The third-order valence-corrected chi connectivity index (χ3v) is 5.76. The molecule has 4 heteroatoms. The van der Waals surface area contributed by atoms with E-state index in [1.807, 2.05) is 32.0 Å². The van der Waals surface area contributed by atoms with Crippen molar-refractivity contribution in [3.8, 4) is 0 Å². The van der Waals surface area contributed by atoms with Crippen LogP contribution in [0.1, 0.15) is 38.7 Å². The molecular formula is C17H20ClNO2. The van der Waals surface area contributed by atoms with Crippen LogP contribution in [0.25, 0.3) is 0 Å². The molecule has 0 aliphatic heterocycles. The smallest absolute Gasteiger partial charge is 0.233 e. The fourth-order valence-corrected chi connectivity index (χ4v) is 4.17. The van der Waals surface area contributed by atoms with Crippen molar-refractivity contribution < 1.29 is 9.59 Å². The second kappa shape index (κ2) is 4.84. The van der Waals surface area contributed by atoms with Crippen molar-refractivity contribution in [1.82, 2.24) is 5.32 Å². The maximum atomic E-state index is 12.6. The Labute approximate surface area is 130 Å². The number of amides is 1. The lowest BCUT2D eigenvalue weighted by Gasteiger charge is -2.32. The van der Waals surface area contributed by atoms with Gasteiger partial charge in [-0.2, -0.15) is 0 Å². The van der Waals surface area contributed by atoms with E-state index in [1.165, 1.54) is 0 Å². The van der Waals surface area contributed by atoms with Gasteiger partial charge in [-0.25, -0.2) is 0 Å². The summed E-state index contributed by atoms with van der Waals surface area (Å²) < 4.78 is 0. The highest BCUT2D eigenvalue weighted by Crippen LogP contribution is 2.60. The van der Waals surface area contributed by atoms with E-state index < -0.39 is 5.41 Å². The molecule has 2 atom stereocenters. The number of benzene rings is 1. The Balaban J connectivity index is 1.75. The Hall–Kier alpha value is -1.35. The number of hydrogen-bond acceptors (Lipinski definition) is 2. The summed E-state index contributed by atoms with van der Waals surface area (Å²) >= 11 is 6.10. The third kappa shape index (κ3) is 2.10. The molecule has 1 aromatic rings. The summed E-state index contributed by atoms with van der Waals surface area (Å²) in [5.74, 6) is 0.333. The second-order valence-corrected chi connectivity index (χ2v) is 7.25. The van der Waals surface area contributed by atoms with E-state index in [2.05, 4.69) is 5.32 Å². The molecule has 1 aromatic carbocycles. The Bertz CT molecular complexity index is 611. The molecule has 2 unspecified atom stereocenters. The Morgan fingerprint density at radius 2 is 2.10 bits per heavy atom. The molecular weight excluding hydrogens is 286 g/mol. The molecule has 0 aromatic heterocycles. The van der Waals surface area contributed by atoms with Gasteiger partial charge in [0.25, 0.3) is 0 Å². The van der Waals surface area contributed by atoms with Crippen molar-refractivity contribution >= 4 is 23.3 Å². The number of carbonyl (C=O) groups is 2. The van der Waals surface area contributed by atoms with Gasteiger partial charge in [0.1, 0.15) is 5.41 Å². The van der Waals surface area contributed by atoms with E-state index in [0.717, 1.165) is 12.0 Å². The van der Waals surface area contributed by atoms with Crippen LogP contribution in [0.3, 0.4) is 0 Å². The Morgan fingerprint density at radius 1 is 1.38 bits per heavy atom. The molecule has 1 amide bonds. The maximum absolute atomic E-state index is 12.6. The van der Waals surface area contributed by atoms with Gasteiger partial charge in [-0.15, -0.1) is 0 Å². The van der Waals surface area contributed by atoms with E-state index in [1.54, 1.807) is 6.07 Å². The second-order valence-electron chi connectivity index (χ2n) is 6.85. The van der Waals surface area contributed by atoms with Crippen LogP contribution in [-0.2, 0) is 16.1 Å². The number of carbonyl (C=O) groups excluding carboxylic acids is 2. The average Bonchev–Trinajstić information content (AvgIpc) is 2.98. The molecule has 0 heterocycles. The van der Waals surface area contributed by atoms with Gasteiger partial charge < -0.3 is 5.32 Å². The molecule has 0 spiro atoms. The lowest BCUT2D eigenvalue weighted by atomic mass is 9.70. The molecule has 112 valence electrons. The maximum Gasteiger partial charge on any atom is 0.233 e. The van der Waals surface area contributed by atoms with Crippen LogP contribution in [0, 0.1) is 16.7 Å². The number of hydrogen-bond donors (Lipinski definition) is 1. The summed E-state index contributed by atoms with van der Waals surface area (Å²) in [4.78, 5) is 25.3. The van der Waals surface area contributed by atoms with Crippen LogP contribution in [-0.4, -0.2) is 11.7 Å². The average molecular weight is 306 g/mol. The van der Waals surface area contributed by atoms with Crippen molar-refractivity contribution in [2.45, 2.75) is 39.7 Å². The number of Topliss-reactive ketones (excluding diaryl/α,β-unsaturated/α-hetero) is 1. The highest BCUT2D eigenvalue weighted by molar-refractivity contribution is 6.31. The molecule has 3 nitrogen and oxygen atoms in total. The van der Waals surface area contributed by atoms with E-state index in [9.17, 15) is 9.59 Å². The van der Waals surface area contributed by atoms with Gasteiger partial charge in [-0.3, -0.25) is 9.59 Å². The van der Waals surface area contributed by atoms with Crippen LogP contribution in [0.15, 0.2) is 24.3 Å². The first kappa shape index (κ1) is 14.6. The number of ketones is 1. The molecule has 3 rings (SSSR count). The van der Waals surface area contributed by atoms with Gasteiger partial charge in [-0.1, -0.05) is 43.6 Å². The SMILES string of the molecule is CC1(C)C(=O)C2(C(=O)NCc3ccccc3Cl)CCC1C2. The molecule has 2 aliphatic carbocycles. The largest absolute Gasteiger partial charge is 0.351 e. The molecule has 21 heavy (non-hydrogen) atoms. The standard InChI is InChI=1S/C17H20ClNO2/c1-16(2)12-7-8-17(9-12,14(16)20)15(21)19-10-11-5-3-4-6-13(11)18/h3-6,12H,7-10H2,1-2H3,(H,19,21). The summed E-state index contributed by atoms with van der Waals surface area (Å²) in [7, 11) is 0. The first-order valence-electron chi connectivity index (χ1n) is 7.44. The first-order chi connectivity index (χ1) is 9.88. The predicted molar refractivity (Wildman–Crippen MR) is 81.9 cm³/mol. The van der Waals surface area contributed by atoms with Gasteiger partial charge in [0, 0.05) is 17.0 Å². The van der Waals surface area contributed by atoms with E-state index in [4.69, 9.17) is 11.6 Å². The van der Waals surface area contributed by atoms with Gasteiger partial charge in [0.05, 0.1) is 0 Å². The zero-order valence-electron chi connectivity index (χ0n) is 12.4. The highest BCUT2D eigenvalue weighted by atomic mass is 35.5. The molecule has 2 fully saturated rings. The minimum absolute atomic E-state index is 0.114. The minimum atomic E-state index is -0.796. The zero-order chi connectivity index (χ0) is 15.3. The molecule has 1 N–H and O–H groups in total. The number of nitrogens with one attached hydrogen (secondary N) is 1. The monoisotopic (exact) mass is 305 g/mol. The summed E-state index contributed by atoms with van der Waals surface area (Å²) in [6.07, 6.45) is 2.36. The fourth-order valence-electron chi connectivity index (χ4n) is 3.97. The van der Waals surface area contributed by atoms with Gasteiger partial charge in [0.15, 0.2) is 5.78 Å². The quantitative estimate of drug-likeness (QED) is 0.871. The van der Waals surface area contributed by atoms with E-state index in [0.29, 0.717) is 30.3 Å². The molecule has 2 bridgehead atoms. The molecule has 0 radical (unpaired) electrons. The molecule has 0 saturated heterocycles. The van der Waals surface area contributed by atoms with Crippen molar-refractivity contribution in [2.75, 3.05) is 0 Å². The van der Waals surface area contributed by atoms with Crippen molar-refractivity contribution in [3.05, 3.63) is 34.9 Å². The topological polar surface area (TPSA) is 46.2 Å². The van der Waals surface area contributed by atoms with Gasteiger partial charge in [-0.05, 0) is 36.8 Å². The lowest BCUT2D eigenvalue weighted by Crippen LogP contribution is -2.47. The van der Waals surface area contributed by atoms with Gasteiger partial charge in [0.2, 0.25) is 5.91 Å². The molecule has 2 aliphatic rings. The lowest BCUT2D eigenvalue weighted by molar-refractivity contribution is -0.145. The van der Waals surface area contributed by atoms with Crippen LogP contribution in [0.2, 0.25) is 5.02 Å². The number of halogens is 1. The number of fused-ring (bicyclic) bond motifs is 2. The molecule has 2 saturated carbocycles. The van der Waals surface area contributed by atoms with Crippen molar-refractivity contribution in [3.63, 3.8) is 0 Å². The number of rotatable bonds is 3. The van der Waals surface area contributed by atoms with Crippen LogP contribution >= 0.6 is 11.6 Å². The fraction of sp³-hybridized carbons (Fsp3) is 0.529. The van der Waals surface area contributed by atoms with E-state index >= 15 is 0 Å². The minimum Gasteiger partial charge on any atom is -0.351 e. The Kier molecular flexibility index (Phi) is 3.36. The zero-order valence-corrected chi connectivity index (χ0v) is 13.2. The Morgan fingerprint density at radius 3 is 2.71 bits per heavy atom. The summed E-state index contributed by atoms with van der Waals surface area (Å²) in [5, 5.41) is 3.56. The summed E-state index contributed by atoms with van der Waals surface area (Å²) in [6, 6.07) is 7.44. The summed E-state index contributed by atoms with van der Waals surface area (Å²) in [6.45, 7) is 4.32. The van der Waals surface area contributed by atoms with E-state index in [-0.39, 0.29) is 17.1 Å². The van der Waals surface area contributed by atoms with Crippen LogP contribution in [0.5, 0.6) is 0 Å². The van der Waals surface area contributed by atoms with Crippen molar-refractivity contribution in [1.29, 1.82) is 0 Å².